The molecule has 24 heavy (non-hydrogen) atoms. The molecule has 3 aliphatic heterocycles. The molecule has 4 rings (SSSR count). The Kier molecular flexibility index (Phi) is 4.02. The van der Waals surface area contributed by atoms with Gasteiger partial charge in [0.25, 0.3) is 11.8 Å². The van der Waals surface area contributed by atoms with E-state index in [1.54, 1.807) is 6.07 Å². The lowest BCUT2D eigenvalue weighted by atomic mass is 10.0. The third-order valence-corrected chi connectivity index (χ3v) is 5.59. The Morgan fingerprint density at radius 1 is 1.17 bits per heavy atom. The summed E-state index contributed by atoms with van der Waals surface area (Å²) < 4.78 is 0. The van der Waals surface area contributed by atoms with E-state index in [-0.39, 0.29) is 11.8 Å². The van der Waals surface area contributed by atoms with Gasteiger partial charge >= 0.3 is 0 Å². The third kappa shape index (κ3) is 2.70. The zero-order valence-electron chi connectivity index (χ0n) is 13.8. The van der Waals surface area contributed by atoms with Crippen molar-refractivity contribution in [3.8, 4) is 0 Å². The quantitative estimate of drug-likeness (QED) is 0.832. The average Bonchev–Trinajstić information content (AvgIpc) is 3.22. The van der Waals surface area contributed by atoms with E-state index >= 15 is 0 Å². The first-order valence-electron chi connectivity index (χ1n) is 8.82. The highest BCUT2D eigenvalue weighted by Gasteiger charge is 2.34. The fourth-order valence-corrected chi connectivity index (χ4v) is 4.14. The molecule has 2 saturated heterocycles. The average molecular weight is 328 g/mol. The summed E-state index contributed by atoms with van der Waals surface area (Å²) in [5.74, 6) is -0.144. The third-order valence-electron chi connectivity index (χ3n) is 5.59. The van der Waals surface area contributed by atoms with Crippen molar-refractivity contribution in [3.63, 3.8) is 0 Å². The fraction of sp³-hybridized carbons (Fsp3) is 0.556. The number of nitrogens with one attached hydrogen (secondary N) is 1. The van der Waals surface area contributed by atoms with Gasteiger partial charge in [0.1, 0.15) is 0 Å². The number of hydrogen-bond donors (Lipinski definition) is 2. The summed E-state index contributed by atoms with van der Waals surface area (Å²) in [6, 6.07) is 6.30. The Hall–Kier alpha value is -1.92. The fourth-order valence-electron chi connectivity index (χ4n) is 4.14. The highest BCUT2D eigenvalue weighted by atomic mass is 16.2. The first-order valence-corrected chi connectivity index (χ1v) is 8.82. The molecule has 3 heterocycles. The lowest BCUT2D eigenvalue weighted by Crippen LogP contribution is -2.46. The SMILES string of the molecule is NC1CCN(C2CCN(C(=O)c3cccc4c3C(=O)NC4)C2)CC1. The molecule has 6 heteroatoms. The second-order valence-electron chi connectivity index (χ2n) is 7.09. The molecule has 0 radical (unpaired) electrons. The zero-order chi connectivity index (χ0) is 16.7. The van der Waals surface area contributed by atoms with Gasteiger partial charge in [-0.2, -0.15) is 0 Å². The van der Waals surface area contributed by atoms with E-state index < -0.39 is 0 Å². The second kappa shape index (κ2) is 6.18. The van der Waals surface area contributed by atoms with Crippen LogP contribution in [0.15, 0.2) is 18.2 Å². The first-order chi connectivity index (χ1) is 11.6. The molecule has 1 atom stereocenters. The van der Waals surface area contributed by atoms with Crippen molar-refractivity contribution in [2.24, 2.45) is 5.73 Å². The Morgan fingerprint density at radius 3 is 2.75 bits per heavy atom. The Bertz CT molecular complexity index is 667. The van der Waals surface area contributed by atoms with Crippen LogP contribution in [-0.2, 0) is 6.54 Å². The minimum absolute atomic E-state index is 0.0138. The van der Waals surface area contributed by atoms with Crippen molar-refractivity contribution in [1.29, 1.82) is 0 Å². The number of rotatable bonds is 2. The van der Waals surface area contributed by atoms with Crippen LogP contribution in [0.2, 0.25) is 0 Å². The minimum atomic E-state index is -0.130. The van der Waals surface area contributed by atoms with Crippen molar-refractivity contribution in [2.75, 3.05) is 26.2 Å². The lowest BCUT2D eigenvalue weighted by Gasteiger charge is -2.34. The van der Waals surface area contributed by atoms with Gasteiger partial charge in [0.2, 0.25) is 0 Å². The van der Waals surface area contributed by atoms with Gasteiger partial charge in [-0.05, 0) is 44.0 Å². The van der Waals surface area contributed by atoms with Gasteiger partial charge in [0.15, 0.2) is 0 Å². The Labute approximate surface area is 142 Å². The summed E-state index contributed by atoms with van der Waals surface area (Å²) in [5.41, 5.74) is 8.02. The van der Waals surface area contributed by atoms with Crippen molar-refractivity contribution in [2.45, 2.75) is 37.9 Å². The molecular weight excluding hydrogens is 304 g/mol. The Balaban J connectivity index is 1.47. The van der Waals surface area contributed by atoms with E-state index in [1.807, 2.05) is 17.0 Å². The number of carbonyl (C=O) groups excluding carboxylic acids is 2. The minimum Gasteiger partial charge on any atom is -0.348 e. The molecule has 0 spiro atoms. The molecule has 1 aromatic rings. The van der Waals surface area contributed by atoms with Crippen molar-refractivity contribution >= 4 is 11.8 Å². The van der Waals surface area contributed by atoms with Crippen LogP contribution < -0.4 is 11.1 Å². The van der Waals surface area contributed by atoms with Crippen LogP contribution in [0.25, 0.3) is 0 Å². The maximum atomic E-state index is 12.9. The highest BCUT2D eigenvalue weighted by molar-refractivity contribution is 6.09. The van der Waals surface area contributed by atoms with E-state index in [0.29, 0.717) is 29.8 Å². The van der Waals surface area contributed by atoms with Crippen LogP contribution >= 0.6 is 0 Å². The topological polar surface area (TPSA) is 78.7 Å². The standard InChI is InChI=1S/C18H24N4O2/c19-13-4-7-21(8-5-13)14-6-9-22(11-14)18(24)15-3-1-2-12-10-20-17(23)16(12)15/h1-3,13-14H,4-11,19H2,(H,20,23). The van der Waals surface area contributed by atoms with E-state index in [2.05, 4.69) is 10.2 Å². The summed E-state index contributed by atoms with van der Waals surface area (Å²) in [6.45, 7) is 4.08. The molecule has 3 aliphatic rings. The predicted molar refractivity (Wildman–Crippen MR) is 90.7 cm³/mol. The number of nitrogens with two attached hydrogens (primary N) is 1. The molecule has 0 aliphatic carbocycles. The zero-order valence-corrected chi connectivity index (χ0v) is 13.8. The number of amides is 2. The molecule has 0 saturated carbocycles. The number of nitrogens with zero attached hydrogens (tertiary/aromatic N) is 2. The van der Waals surface area contributed by atoms with Gasteiger partial charge in [-0.1, -0.05) is 12.1 Å². The van der Waals surface area contributed by atoms with Crippen LogP contribution in [0.5, 0.6) is 0 Å². The summed E-state index contributed by atoms with van der Waals surface area (Å²) in [6.07, 6.45) is 3.08. The molecule has 0 bridgehead atoms. The number of piperidine rings is 1. The molecule has 0 aromatic heterocycles. The number of benzene rings is 1. The van der Waals surface area contributed by atoms with Crippen molar-refractivity contribution in [3.05, 3.63) is 34.9 Å². The van der Waals surface area contributed by atoms with Gasteiger partial charge in [-0.25, -0.2) is 0 Å². The van der Waals surface area contributed by atoms with Gasteiger partial charge < -0.3 is 16.0 Å². The van der Waals surface area contributed by atoms with Gasteiger partial charge in [0.05, 0.1) is 11.1 Å². The Morgan fingerprint density at radius 2 is 1.96 bits per heavy atom. The molecule has 2 fully saturated rings. The number of hydrogen-bond acceptors (Lipinski definition) is 4. The van der Waals surface area contributed by atoms with E-state index in [1.165, 1.54) is 0 Å². The second-order valence-corrected chi connectivity index (χ2v) is 7.09. The first kappa shape index (κ1) is 15.6. The van der Waals surface area contributed by atoms with Crippen LogP contribution in [0, 0.1) is 0 Å². The number of carbonyl (C=O) groups is 2. The number of likely N-dealkylation sites (tertiary alicyclic amines) is 2. The van der Waals surface area contributed by atoms with Crippen LogP contribution in [0.3, 0.4) is 0 Å². The summed E-state index contributed by atoms with van der Waals surface area (Å²) in [5, 5.41) is 2.81. The lowest BCUT2D eigenvalue weighted by molar-refractivity contribution is 0.0764. The van der Waals surface area contributed by atoms with E-state index in [0.717, 1.165) is 51.0 Å². The predicted octanol–water partition coefficient (Wildman–Crippen LogP) is 0.568. The van der Waals surface area contributed by atoms with E-state index in [4.69, 9.17) is 5.73 Å². The summed E-state index contributed by atoms with van der Waals surface area (Å²) in [4.78, 5) is 29.4. The normalized spacial score (nSPS) is 25.0. The molecule has 1 unspecified atom stereocenters. The highest BCUT2D eigenvalue weighted by Crippen LogP contribution is 2.25. The monoisotopic (exact) mass is 328 g/mol. The van der Waals surface area contributed by atoms with Crippen LogP contribution in [0.1, 0.15) is 45.5 Å². The van der Waals surface area contributed by atoms with Crippen LogP contribution in [-0.4, -0.2) is 59.9 Å². The molecular formula is C18H24N4O2. The summed E-state index contributed by atoms with van der Waals surface area (Å²) >= 11 is 0. The maximum Gasteiger partial charge on any atom is 0.254 e. The maximum absolute atomic E-state index is 12.9. The molecule has 2 amide bonds. The van der Waals surface area contributed by atoms with E-state index in [9.17, 15) is 9.59 Å². The smallest absolute Gasteiger partial charge is 0.254 e. The van der Waals surface area contributed by atoms with Crippen molar-refractivity contribution < 1.29 is 9.59 Å². The largest absolute Gasteiger partial charge is 0.348 e. The number of fused-ring (bicyclic) bond motifs is 1. The molecule has 128 valence electrons. The van der Waals surface area contributed by atoms with Crippen LogP contribution in [0.4, 0.5) is 0 Å². The van der Waals surface area contributed by atoms with Gasteiger partial charge in [0, 0.05) is 31.7 Å². The molecule has 1 aromatic carbocycles. The van der Waals surface area contributed by atoms with Gasteiger partial charge in [-0.15, -0.1) is 0 Å². The summed E-state index contributed by atoms with van der Waals surface area (Å²) in [7, 11) is 0. The van der Waals surface area contributed by atoms with Crippen molar-refractivity contribution in [1.82, 2.24) is 15.1 Å². The van der Waals surface area contributed by atoms with Gasteiger partial charge in [-0.3, -0.25) is 14.5 Å². The molecule has 6 nitrogen and oxygen atoms in total. The molecule has 3 N–H and O–H groups in total.